The van der Waals surface area contributed by atoms with Crippen molar-refractivity contribution in [3.05, 3.63) is 34.9 Å². The molecule has 0 radical (unpaired) electrons. The van der Waals surface area contributed by atoms with Gasteiger partial charge in [0, 0.05) is 11.6 Å². The smallest absolute Gasteiger partial charge is 0.315 e. The Morgan fingerprint density at radius 3 is 2.41 bits per heavy atom. The number of rotatable bonds is 4. The van der Waals surface area contributed by atoms with E-state index in [9.17, 15) is 4.79 Å². The lowest BCUT2D eigenvalue weighted by Crippen LogP contribution is -2.40. The third kappa shape index (κ3) is 3.63. The highest BCUT2D eigenvalue weighted by Gasteiger charge is 2.21. The monoisotopic (exact) mass is 254 g/mol. The van der Waals surface area contributed by atoms with Crippen molar-refractivity contribution in [1.82, 2.24) is 4.90 Å². The second kappa shape index (κ2) is 5.92. The molecule has 0 unspecified atom stereocenters. The Kier molecular flexibility index (Phi) is 4.82. The zero-order valence-corrected chi connectivity index (χ0v) is 11.2. The molecule has 0 heterocycles. The van der Waals surface area contributed by atoms with Crippen LogP contribution in [-0.2, 0) is 0 Å². The second-order valence-electron chi connectivity index (χ2n) is 4.58. The summed E-state index contributed by atoms with van der Waals surface area (Å²) in [5.74, 6) is 0.368. The number of nitrogens with zero attached hydrogens (tertiary/aromatic N) is 1. The molecule has 17 heavy (non-hydrogen) atoms. The van der Waals surface area contributed by atoms with Crippen LogP contribution in [0.25, 0.3) is 0 Å². The van der Waals surface area contributed by atoms with Crippen LogP contribution in [0.3, 0.4) is 0 Å². The van der Waals surface area contributed by atoms with Crippen LogP contribution < -0.4 is 5.73 Å². The average Bonchev–Trinajstić information content (AvgIpc) is 2.25. The predicted molar refractivity (Wildman–Crippen MR) is 71.0 cm³/mol. The van der Waals surface area contributed by atoms with E-state index in [-0.39, 0.29) is 6.04 Å². The SMILES string of the molecule is CC(C)CN(C(N)=O)[C@H](C)c1ccccc1Cl. The molecule has 1 atom stereocenters. The highest BCUT2D eigenvalue weighted by atomic mass is 35.5. The van der Waals surface area contributed by atoms with E-state index in [1.165, 1.54) is 0 Å². The molecule has 0 bridgehead atoms. The first-order chi connectivity index (χ1) is 7.93. The van der Waals surface area contributed by atoms with Crippen molar-refractivity contribution in [2.45, 2.75) is 26.8 Å². The molecule has 3 nitrogen and oxygen atoms in total. The Labute approximate surface area is 108 Å². The molecule has 1 aromatic carbocycles. The Bertz CT molecular complexity index is 393. The minimum Gasteiger partial charge on any atom is -0.351 e. The maximum Gasteiger partial charge on any atom is 0.315 e. The second-order valence-corrected chi connectivity index (χ2v) is 4.99. The minimum absolute atomic E-state index is 0.108. The summed E-state index contributed by atoms with van der Waals surface area (Å²) in [5.41, 5.74) is 6.34. The first-order valence-electron chi connectivity index (χ1n) is 5.74. The van der Waals surface area contributed by atoms with Crippen LogP contribution in [0.1, 0.15) is 32.4 Å². The fourth-order valence-corrected chi connectivity index (χ4v) is 2.11. The average molecular weight is 255 g/mol. The summed E-state index contributed by atoms with van der Waals surface area (Å²) < 4.78 is 0. The maximum absolute atomic E-state index is 11.5. The van der Waals surface area contributed by atoms with Crippen LogP contribution in [-0.4, -0.2) is 17.5 Å². The van der Waals surface area contributed by atoms with E-state index < -0.39 is 6.03 Å². The lowest BCUT2D eigenvalue weighted by molar-refractivity contribution is 0.179. The summed E-state index contributed by atoms with van der Waals surface area (Å²) in [5, 5.41) is 0.662. The van der Waals surface area contributed by atoms with E-state index in [2.05, 4.69) is 13.8 Å². The highest BCUT2D eigenvalue weighted by molar-refractivity contribution is 6.31. The van der Waals surface area contributed by atoms with Gasteiger partial charge < -0.3 is 10.6 Å². The maximum atomic E-state index is 11.5. The van der Waals surface area contributed by atoms with Crippen molar-refractivity contribution in [2.75, 3.05) is 6.54 Å². The number of primary amides is 1. The molecule has 0 saturated carbocycles. The van der Waals surface area contributed by atoms with Gasteiger partial charge in [0.1, 0.15) is 0 Å². The van der Waals surface area contributed by atoms with E-state index in [0.717, 1.165) is 5.56 Å². The van der Waals surface area contributed by atoms with Gasteiger partial charge in [-0.3, -0.25) is 0 Å². The number of nitrogens with two attached hydrogens (primary N) is 1. The Hall–Kier alpha value is -1.22. The van der Waals surface area contributed by atoms with Crippen LogP contribution in [0.15, 0.2) is 24.3 Å². The van der Waals surface area contributed by atoms with Gasteiger partial charge in [-0.1, -0.05) is 43.6 Å². The van der Waals surface area contributed by atoms with Crippen molar-refractivity contribution < 1.29 is 4.79 Å². The third-order valence-electron chi connectivity index (χ3n) is 2.67. The number of urea groups is 1. The zero-order chi connectivity index (χ0) is 13.0. The van der Waals surface area contributed by atoms with Gasteiger partial charge in [-0.25, -0.2) is 4.79 Å². The summed E-state index contributed by atoms with van der Waals surface area (Å²) in [7, 11) is 0. The molecule has 1 aromatic rings. The fourth-order valence-electron chi connectivity index (χ4n) is 1.81. The number of hydrogen-bond acceptors (Lipinski definition) is 1. The van der Waals surface area contributed by atoms with Gasteiger partial charge in [0.15, 0.2) is 0 Å². The third-order valence-corrected chi connectivity index (χ3v) is 3.01. The highest BCUT2D eigenvalue weighted by Crippen LogP contribution is 2.27. The van der Waals surface area contributed by atoms with Crippen molar-refractivity contribution in [3.8, 4) is 0 Å². The number of benzene rings is 1. The molecule has 0 spiro atoms. The van der Waals surface area contributed by atoms with Gasteiger partial charge >= 0.3 is 6.03 Å². The lowest BCUT2D eigenvalue weighted by atomic mass is 10.1. The topological polar surface area (TPSA) is 46.3 Å². The Morgan fingerprint density at radius 2 is 1.94 bits per heavy atom. The van der Waals surface area contributed by atoms with Gasteiger partial charge in [0.05, 0.1) is 6.04 Å². The summed E-state index contributed by atoms with van der Waals surface area (Å²) in [6.45, 7) is 6.67. The molecule has 4 heteroatoms. The van der Waals surface area contributed by atoms with Crippen LogP contribution in [0.4, 0.5) is 4.79 Å². The number of hydrogen-bond donors (Lipinski definition) is 1. The van der Waals surface area contributed by atoms with Crippen molar-refractivity contribution >= 4 is 17.6 Å². The normalized spacial score (nSPS) is 12.5. The van der Waals surface area contributed by atoms with Crippen LogP contribution in [0.2, 0.25) is 5.02 Å². The van der Waals surface area contributed by atoms with E-state index in [0.29, 0.717) is 17.5 Å². The Balaban J connectivity index is 2.96. The van der Waals surface area contributed by atoms with Gasteiger partial charge in [-0.2, -0.15) is 0 Å². The number of carbonyl (C=O) groups is 1. The van der Waals surface area contributed by atoms with Crippen LogP contribution >= 0.6 is 11.6 Å². The number of halogens is 1. The molecule has 94 valence electrons. The zero-order valence-electron chi connectivity index (χ0n) is 10.5. The summed E-state index contributed by atoms with van der Waals surface area (Å²) in [4.78, 5) is 13.1. The molecule has 2 N–H and O–H groups in total. The molecular weight excluding hydrogens is 236 g/mol. The molecule has 2 amide bonds. The summed E-state index contributed by atoms with van der Waals surface area (Å²) in [6, 6.07) is 7.00. The van der Waals surface area contributed by atoms with Crippen LogP contribution in [0, 0.1) is 5.92 Å². The molecule has 0 aliphatic heterocycles. The molecule has 0 aliphatic rings. The minimum atomic E-state index is -0.411. The molecule has 0 fully saturated rings. The van der Waals surface area contributed by atoms with Crippen molar-refractivity contribution in [2.24, 2.45) is 11.7 Å². The quantitative estimate of drug-likeness (QED) is 0.879. The number of amides is 2. The van der Waals surface area contributed by atoms with E-state index in [1.54, 1.807) is 4.90 Å². The summed E-state index contributed by atoms with van der Waals surface area (Å²) in [6.07, 6.45) is 0. The van der Waals surface area contributed by atoms with Gasteiger partial charge in [-0.15, -0.1) is 0 Å². The molecule has 0 saturated heterocycles. The lowest BCUT2D eigenvalue weighted by Gasteiger charge is -2.29. The molecule has 1 rings (SSSR count). The number of carbonyl (C=O) groups excluding carboxylic acids is 1. The van der Waals surface area contributed by atoms with E-state index >= 15 is 0 Å². The standard InChI is InChI=1S/C13H19ClN2O/c1-9(2)8-16(13(15)17)10(3)11-6-4-5-7-12(11)14/h4-7,9-10H,8H2,1-3H3,(H2,15,17)/t10-/m1/s1. The predicted octanol–water partition coefficient (Wildman–Crippen LogP) is 3.44. The van der Waals surface area contributed by atoms with Crippen molar-refractivity contribution in [1.29, 1.82) is 0 Å². The first kappa shape index (κ1) is 13.8. The first-order valence-corrected chi connectivity index (χ1v) is 6.11. The molecule has 0 aromatic heterocycles. The molecular formula is C13H19ClN2O. The van der Waals surface area contributed by atoms with Gasteiger partial charge in [0.25, 0.3) is 0 Å². The van der Waals surface area contributed by atoms with Gasteiger partial charge in [0.2, 0.25) is 0 Å². The van der Waals surface area contributed by atoms with E-state index in [1.807, 2.05) is 31.2 Å². The largest absolute Gasteiger partial charge is 0.351 e. The van der Waals surface area contributed by atoms with Crippen molar-refractivity contribution in [3.63, 3.8) is 0 Å². The van der Waals surface area contributed by atoms with Crippen LogP contribution in [0.5, 0.6) is 0 Å². The Morgan fingerprint density at radius 1 is 1.35 bits per heavy atom. The fraction of sp³-hybridized carbons (Fsp3) is 0.462. The van der Waals surface area contributed by atoms with Gasteiger partial charge in [-0.05, 0) is 24.5 Å². The van der Waals surface area contributed by atoms with E-state index in [4.69, 9.17) is 17.3 Å². The molecule has 0 aliphatic carbocycles. The summed E-state index contributed by atoms with van der Waals surface area (Å²) >= 11 is 6.13.